The molecule has 0 amide bonds. The fourth-order valence-corrected chi connectivity index (χ4v) is 3.58. The number of halogens is 1. The van der Waals surface area contributed by atoms with E-state index in [-0.39, 0.29) is 69.1 Å². The molecule has 0 saturated carbocycles. The number of pyridine rings is 1. The van der Waals surface area contributed by atoms with Crippen LogP contribution in [0.3, 0.4) is 0 Å². The minimum Gasteiger partial charge on any atom is -0.508 e. The molecule has 7 N–H and O–H groups in total. The maximum atomic E-state index is 11.2. The number of aromatic nitrogens is 1. The third-order valence-corrected chi connectivity index (χ3v) is 5.15. The van der Waals surface area contributed by atoms with Crippen LogP contribution >= 0.6 is 20.2 Å². The summed E-state index contributed by atoms with van der Waals surface area (Å²) >= 11 is 0. The normalized spacial score (nSPS) is 11.4. The lowest BCUT2D eigenvalue weighted by molar-refractivity contribution is 0.188. The maximum Gasteiger partial charge on any atom is 0.469 e. The number of phosphoric ester groups is 1. The van der Waals surface area contributed by atoms with Crippen LogP contribution in [0, 0.1) is 6.92 Å². The van der Waals surface area contributed by atoms with Crippen molar-refractivity contribution >= 4 is 20.2 Å². The Balaban J connectivity index is 0.00000363. The van der Waals surface area contributed by atoms with Crippen LogP contribution in [0.2, 0.25) is 0 Å². The lowest BCUT2D eigenvalue weighted by atomic mass is 9.81. The Labute approximate surface area is 188 Å². The number of hydrogen-bond donors (Lipinski definition) is 7. The van der Waals surface area contributed by atoms with Gasteiger partial charge in [0.05, 0.1) is 12.3 Å². The molecule has 0 unspecified atom stereocenters. The molecule has 10 nitrogen and oxygen atoms in total. The number of phenols is 4. The van der Waals surface area contributed by atoms with E-state index in [1.165, 1.54) is 37.4 Å². The maximum absolute atomic E-state index is 11.2. The van der Waals surface area contributed by atoms with Crippen molar-refractivity contribution in [1.29, 1.82) is 0 Å². The van der Waals surface area contributed by atoms with Gasteiger partial charge >= 0.3 is 7.82 Å². The van der Waals surface area contributed by atoms with Crippen LogP contribution in [-0.4, -0.2) is 40.3 Å². The Kier molecular flexibility index (Phi) is 7.61. The molecular formula is C20H21ClNO9P. The molecule has 172 valence electrons. The lowest BCUT2D eigenvalue weighted by Crippen LogP contribution is -2.10. The van der Waals surface area contributed by atoms with Crippen LogP contribution in [0.25, 0.3) is 0 Å². The zero-order chi connectivity index (χ0) is 22.9. The van der Waals surface area contributed by atoms with Crippen LogP contribution in [0.4, 0.5) is 0 Å². The summed E-state index contributed by atoms with van der Waals surface area (Å²) in [4.78, 5) is 22.2. The summed E-state index contributed by atoms with van der Waals surface area (Å²) in [6.45, 7) is 0.867. The molecule has 0 aliphatic rings. The Morgan fingerprint density at radius 1 is 0.938 bits per heavy atom. The summed E-state index contributed by atoms with van der Waals surface area (Å²) in [5, 5.41) is 51.1. The number of aromatic hydroxyl groups is 5. The van der Waals surface area contributed by atoms with Crippen molar-refractivity contribution in [3.63, 3.8) is 0 Å². The van der Waals surface area contributed by atoms with Crippen molar-refractivity contribution in [3.05, 3.63) is 70.5 Å². The predicted molar refractivity (Wildman–Crippen MR) is 115 cm³/mol. The van der Waals surface area contributed by atoms with Crippen molar-refractivity contribution in [1.82, 2.24) is 4.98 Å². The van der Waals surface area contributed by atoms with Gasteiger partial charge in [-0.25, -0.2) is 4.57 Å². The van der Waals surface area contributed by atoms with Gasteiger partial charge in [0.15, 0.2) is 0 Å². The first-order valence-electron chi connectivity index (χ1n) is 8.89. The SMILES string of the molecule is Cc1ncc(COP(=O)(O)O)c(C(c2ccc(O)cc2O)c2ccc(O)cc2O)c1O.Cl. The molecular weight excluding hydrogens is 465 g/mol. The van der Waals surface area contributed by atoms with Crippen molar-refractivity contribution in [2.24, 2.45) is 0 Å². The van der Waals surface area contributed by atoms with E-state index in [4.69, 9.17) is 9.79 Å². The van der Waals surface area contributed by atoms with Gasteiger partial charge in [0.1, 0.15) is 28.7 Å². The molecule has 0 spiro atoms. The minimum absolute atomic E-state index is 0. The molecule has 2 aromatic carbocycles. The van der Waals surface area contributed by atoms with E-state index < -0.39 is 20.3 Å². The van der Waals surface area contributed by atoms with Gasteiger partial charge in [-0.3, -0.25) is 9.51 Å². The van der Waals surface area contributed by atoms with Crippen LogP contribution in [-0.2, 0) is 15.7 Å². The van der Waals surface area contributed by atoms with E-state index in [1.807, 2.05) is 0 Å². The number of nitrogens with zero attached hydrogens (tertiary/aromatic N) is 1. The van der Waals surface area contributed by atoms with Gasteiger partial charge in [0.25, 0.3) is 0 Å². The molecule has 3 aromatic rings. The van der Waals surface area contributed by atoms with Crippen molar-refractivity contribution in [3.8, 4) is 28.7 Å². The summed E-state index contributed by atoms with van der Waals surface area (Å²) in [5.74, 6) is -2.62. The first-order valence-corrected chi connectivity index (χ1v) is 10.4. The van der Waals surface area contributed by atoms with Crippen molar-refractivity contribution in [2.75, 3.05) is 0 Å². The topological polar surface area (TPSA) is 181 Å². The highest BCUT2D eigenvalue weighted by Gasteiger charge is 2.30. The second kappa shape index (κ2) is 9.64. The number of hydrogen-bond acceptors (Lipinski definition) is 8. The first kappa shape index (κ1) is 25.3. The van der Waals surface area contributed by atoms with Gasteiger partial charge in [-0.1, -0.05) is 12.1 Å². The molecule has 3 rings (SSSR count). The fraction of sp³-hybridized carbons (Fsp3) is 0.150. The van der Waals surface area contributed by atoms with E-state index in [9.17, 15) is 30.1 Å². The molecule has 12 heteroatoms. The van der Waals surface area contributed by atoms with Gasteiger partial charge in [-0.05, 0) is 19.1 Å². The molecule has 0 fully saturated rings. The molecule has 1 heterocycles. The molecule has 1 aromatic heterocycles. The molecule has 0 bridgehead atoms. The van der Waals surface area contributed by atoms with E-state index in [0.717, 1.165) is 12.1 Å². The van der Waals surface area contributed by atoms with Crippen LogP contribution in [0.1, 0.15) is 33.9 Å². The van der Waals surface area contributed by atoms with Gasteiger partial charge < -0.3 is 35.3 Å². The largest absolute Gasteiger partial charge is 0.508 e. The van der Waals surface area contributed by atoms with Gasteiger partial charge in [0.2, 0.25) is 0 Å². The average Bonchev–Trinajstić information content (AvgIpc) is 2.66. The lowest BCUT2D eigenvalue weighted by Gasteiger charge is -2.25. The van der Waals surface area contributed by atoms with Crippen LogP contribution < -0.4 is 0 Å². The van der Waals surface area contributed by atoms with E-state index in [2.05, 4.69) is 9.51 Å². The minimum atomic E-state index is -4.86. The highest BCUT2D eigenvalue weighted by Crippen LogP contribution is 2.47. The molecule has 0 atom stereocenters. The zero-order valence-corrected chi connectivity index (χ0v) is 18.3. The van der Waals surface area contributed by atoms with Gasteiger partial charge in [0, 0.05) is 46.5 Å². The second-order valence-electron chi connectivity index (χ2n) is 6.81. The van der Waals surface area contributed by atoms with Crippen LogP contribution in [0.15, 0.2) is 42.6 Å². The molecule has 0 aliphatic heterocycles. The standard InChI is InChI=1S/C20H20NO9P.ClH/c1-10-20(26)18(11(8-21-10)9-30-31(27,28)29)19(14-4-2-12(22)6-16(14)24)15-5-3-13(23)7-17(15)25;/h2-8,19,22-26H,9H2,1H3,(H2,27,28,29);1H. The first-order chi connectivity index (χ1) is 14.5. The monoisotopic (exact) mass is 485 g/mol. The molecule has 0 saturated heterocycles. The fourth-order valence-electron chi connectivity index (χ4n) is 3.27. The van der Waals surface area contributed by atoms with Gasteiger partial charge in [-0.15, -0.1) is 12.4 Å². The molecule has 0 radical (unpaired) electrons. The molecule has 32 heavy (non-hydrogen) atoms. The third-order valence-electron chi connectivity index (χ3n) is 4.68. The van der Waals surface area contributed by atoms with Gasteiger partial charge in [-0.2, -0.15) is 0 Å². The number of rotatable bonds is 6. The second-order valence-corrected chi connectivity index (χ2v) is 8.05. The number of phosphoric acid groups is 1. The summed E-state index contributed by atoms with van der Waals surface area (Å²) in [6.07, 6.45) is 1.25. The van der Waals surface area contributed by atoms with Crippen LogP contribution in [0.5, 0.6) is 28.7 Å². The van der Waals surface area contributed by atoms with E-state index in [1.54, 1.807) is 0 Å². The number of aryl methyl sites for hydroxylation is 1. The third kappa shape index (κ3) is 5.42. The zero-order valence-electron chi connectivity index (χ0n) is 16.6. The highest BCUT2D eigenvalue weighted by atomic mass is 35.5. The predicted octanol–water partition coefficient (Wildman–Crippen LogP) is 3.13. The highest BCUT2D eigenvalue weighted by molar-refractivity contribution is 7.46. The van der Waals surface area contributed by atoms with Crippen molar-refractivity contribution in [2.45, 2.75) is 19.4 Å². The van der Waals surface area contributed by atoms with E-state index in [0.29, 0.717) is 0 Å². The van der Waals surface area contributed by atoms with E-state index >= 15 is 0 Å². The summed E-state index contributed by atoms with van der Waals surface area (Å²) in [7, 11) is -4.86. The Hall–Kier alpha value is -3.01. The Bertz CT molecular complexity index is 1130. The average molecular weight is 486 g/mol. The number of phenolic OH excluding ortho intramolecular Hbond substituents is 4. The Morgan fingerprint density at radius 2 is 1.44 bits per heavy atom. The quantitative estimate of drug-likeness (QED) is 0.256. The smallest absolute Gasteiger partial charge is 0.469 e. The summed E-state index contributed by atoms with van der Waals surface area (Å²) in [5.41, 5.74) is 0.616. The molecule has 0 aliphatic carbocycles. The summed E-state index contributed by atoms with van der Waals surface area (Å²) in [6, 6.07) is 7.44. The Morgan fingerprint density at radius 3 is 1.88 bits per heavy atom. The van der Waals surface area contributed by atoms with Crippen molar-refractivity contribution < 1.29 is 44.4 Å². The summed E-state index contributed by atoms with van der Waals surface area (Å²) < 4.78 is 15.8. The number of benzene rings is 2.